The second-order valence-corrected chi connectivity index (χ2v) is 14.4. The van der Waals surface area contributed by atoms with Gasteiger partial charge in [0.25, 0.3) is 0 Å². The first-order valence-corrected chi connectivity index (χ1v) is 13.2. The summed E-state index contributed by atoms with van der Waals surface area (Å²) in [5.41, 5.74) is 2.47. The van der Waals surface area contributed by atoms with Gasteiger partial charge in [-0.25, -0.2) is 0 Å². The molecule has 0 aromatic heterocycles. The van der Waals surface area contributed by atoms with Crippen LogP contribution in [0.3, 0.4) is 0 Å². The van der Waals surface area contributed by atoms with E-state index < -0.39 is 45.3 Å². The molecule has 0 unspecified atom stereocenters. The number of benzene rings is 2. The van der Waals surface area contributed by atoms with Gasteiger partial charge >= 0.3 is 13.6 Å². The van der Waals surface area contributed by atoms with Gasteiger partial charge in [-0.1, -0.05) is 124 Å². The lowest BCUT2D eigenvalue weighted by atomic mass is 9.99. The van der Waals surface area contributed by atoms with Crippen LogP contribution in [0.2, 0.25) is 0 Å². The zero-order valence-corrected chi connectivity index (χ0v) is 22.2. The molecular weight excluding hydrogens is 578 g/mol. The third-order valence-electron chi connectivity index (χ3n) is 4.79. The minimum atomic E-state index is -5.23. The number of hydrogen-bond acceptors (Lipinski definition) is 3. The van der Waals surface area contributed by atoms with Crippen molar-refractivity contribution in [3.63, 3.8) is 0 Å². The fraction of sp³-hybridized carbons (Fsp3) is 0.350. The molecule has 0 heterocycles. The van der Waals surface area contributed by atoms with Crippen molar-refractivity contribution in [2.45, 2.75) is 38.2 Å². The smallest absolute Gasteiger partial charge is 0.345 e. The lowest BCUT2D eigenvalue weighted by Crippen LogP contribution is -2.56. The van der Waals surface area contributed by atoms with E-state index >= 15 is 0 Å². The topological polar surface area (TPSA) is 107 Å². The fourth-order valence-electron chi connectivity index (χ4n) is 3.34. The molecule has 33 heavy (non-hydrogen) atoms. The van der Waals surface area contributed by atoms with Crippen LogP contribution >= 0.6 is 77.2 Å². The Bertz CT molecular complexity index is 973. The third-order valence-corrected chi connectivity index (χ3v) is 7.15. The first-order chi connectivity index (χ1) is 15.0. The van der Waals surface area contributed by atoms with Crippen LogP contribution < -0.4 is 5.32 Å². The van der Waals surface area contributed by atoms with Crippen LogP contribution in [0.15, 0.2) is 54.6 Å². The summed E-state index contributed by atoms with van der Waals surface area (Å²) < 4.78 is 8.13. The number of aliphatic carboxylic acids is 1. The zero-order valence-electron chi connectivity index (χ0n) is 16.8. The number of nitrogens with one attached hydrogen (secondary N) is 1. The molecule has 182 valence electrons. The highest BCUT2D eigenvalue weighted by atomic mass is 35.6. The van der Waals surface area contributed by atoms with Crippen molar-refractivity contribution in [1.29, 1.82) is 0 Å². The molecule has 0 radical (unpaired) electrons. The number of rotatable bonds is 9. The van der Waals surface area contributed by atoms with E-state index in [1.165, 1.54) is 0 Å². The van der Waals surface area contributed by atoms with Crippen LogP contribution in [0.1, 0.15) is 18.4 Å². The summed E-state index contributed by atoms with van der Waals surface area (Å²) in [6.07, 6.45) is -1.79. The highest BCUT2D eigenvalue weighted by molar-refractivity contribution is 7.53. The molecule has 0 aliphatic rings. The highest BCUT2D eigenvalue weighted by Gasteiger charge is 2.56. The molecule has 2 rings (SSSR count). The van der Waals surface area contributed by atoms with Gasteiger partial charge in [0.1, 0.15) is 11.3 Å². The monoisotopic (exact) mass is 595 g/mol. The predicted molar refractivity (Wildman–Crippen MR) is 135 cm³/mol. The number of alkyl halides is 6. The van der Waals surface area contributed by atoms with Gasteiger partial charge < -0.3 is 14.9 Å². The van der Waals surface area contributed by atoms with Gasteiger partial charge in [-0.2, -0.15) is 0 Å². The van der Waals surface area contributed by atoms with Crippen LogP contribution in [0.5, 0.6) is 0 Å². The molecule has 0 saturated heterocycles. The van der Waals surface area contributed by atoms with E-state index in [1.807, 2.05) is 42.5 Å². The first kappa shape index (κ1) is 29.0. The van der Waals surface area contributed by atoms with Crippen LogP contribution in [0, 0.1) is 0 Å². The van der Waals surface area contributed by atoms with Gasteiger partial charge in [-0.3, -0.25) is 14.7 Å². The lowest BCUT2D eigenvalue weighted by molar-refractivity contribution is -0.139. The average Bonchev–Trinajstić information content (AvgIpc) is 2.65. The normalized spacial score (nSPS) is 14.2. The van der Waals surface area contributed by atoms with Gasteiger partial charge in [0.2, 0.25) is 0 Å². The Kier molecular flexibility index (Phi) is 9.85. The molecule has 0 amide bonds. The van der Waals surface area contributed by atoms with Crippen molar-refractivity contribution in [1.82, 2.24) is 5.32 Å². The summed E-state index contributed by atoms with van der Waals surface area (Å²) in [6.45, 7) is 0. The summed E-state index contributed by atoms with van der Waals surface area (Å²) in [5, 5.41) is 9.78. The number of carboxylic acid groups (broad SMARTS) is 1. The predicted octanol–water partition coefficient (Wildman–Crippen LogP) is 6.33. The zero-order chi connectivity index (χ0) is 25.1. The summed E-state index contributed by atoms with van der Waals surface area (Å²) >= 11 is 34.9. The lowest BCUT2D eigenvalue weighted by Gasteiger charge is -2.41. The Morgan fingerprint density at radius 1 is 0.848 bits per heavy atom. The van der Waals surface area contributed by atoms with Crippen LogP contribution in [0.25, 0.3) is 11.1 Å². The summed E-state index contributed by atoms with van der Waals surface area (Å²) in [7, 11) is -5.23. The SMILES string of the molecule is O=C(O)[C@H](Cc1ccc(-c2ccccc2)cc1)NC(CC(Cl)(Cl)Cl)(CC(Cl)(Cl)Cl)P(=O)(O)O. The summed E-state index contributed by atoms with van der Waals surface area (Å²) in [6, 6.07) is 15.1. The molecule has 2 aromatic rings. The van der Waals surface area contributed by atoms with E-state index in [1.54, 1.807) is 12.1 Å². The Morgan fingerprint density at radius 3 is 1.70 bits per heavy atom. The molecule has 1 atom stereocenters. The maximum absolute atomic E-state index is 12.5. The maximum atomic E-state index is 12.5. The second kappa shape index (κ2) is 11.2. The molecule has 4 N–H and O–H groups in total. The standard InChI is InChI=1S/C20H20Cl6NO5P/c21-19(22,23)11-18(33(30,31)32,12-20(24,25)26)27-16(17(28)29)10-13-6-8-15(9-7-13)14-4-2-1-3-5-14/h1-9,16,27H,10-12H2,(H,28,29)(H2,30,31,32)/t16-/m0/s1. The van der Waals surface area contributed by atoms with Crippen molar-refractivity contribution in [3.8, 4) is 11.1 Å². The quantitative estimate of drug-likeness (QED) is 0.199. The highest BCUT2D eigenvalue weighted by Crippen LogP contribution is 2.60. The van der Waals surface area contributed by atoms with E-state index in [2.05, 4.69) is 5.32 Å². The van der Waals surface area contributed by atoms with Crippen molar-refractivity contribution in [2.75, 3.05) is 0 Å². The molecule has 0 spiro atoms. The third kappa shape index (κ3) is 9.05. The number of carbonyl (C=O) groups is 1. The Labute approximate surface area is 221 Å². The molecule has 6 nitrogen and oxygen atoms in total. The van der Waals surface area contributed by atoms with Gasteiger partial charge in [0.05, 0.1) is 0 Å². The Morgan fingerprint density at radius 2 is 1.30 bits per heavy atom. The van der Waals surface area contributed by atoms with Crippen molar-refractivity contribution in [2.24, 2.45) is 0 Å². The Balaban J connectivity index is 2.38. The molecular formula is C20H20Cl6NO5P. The molecule has 0 fully saturated rings. The van der Waals surface area contributed by atoms with E-state index in [0.29, 0.717) is 5.56 Å². The second-order valence-electron chi connectivity index (χ2n) is 7.46. The van der Waals surface area contributed by atoms with Gasteiger partial charge in [-0.05, 0) is 23.1 Å². The van der Waals surface area contributed by atoms with Crippen molar-refractivity contribution >= 4 is 83.2 Å². The van der Waals surface area contributed by atoms with Gasteiger partial charge in [0.15, 0.2) is 7.59 Å². The van der Waals surface area contributed by atoms with Gasteiger partial charge in [-0.15, -0.1) is 0 Å². The minimum absolute atomic E-state index is 0.147. The fourth-order valence-corrected chi connectivity index (χ4v) is 6.48. The van der Waals surface area contributed by atoms with Crippen LogP contribution in [-0.4, -0.2) is 39.8 Å². The maximum Gasteiger partial charge on any atom is 0.345 e. The van der Waals surface area contributed by atoms with E-state index in [0.717, 1.165) is 11.1 Å². The minimum Gasteiger partial charge on any atom is -0.480 e. The molecule has 0 aliphatic heterocycles. The molecule has 0 saturated carbocycles. The van der Waals surface area contributed by atoms with E-state index in [4.69, 9.17) is 69.6 Å². The number of halogens is 6. The van der Waals surface area contributed by atoms with Crippen molar-refractivity contribution in [3.05, 3.63) is 60.2 Å². The molecule has 0 aliphatic carbocycles. The Hall–Kier alpha value is -0.240. The van der Waals surface area contributed by atoms with Gasteiger partial charge in [0, 0.05) is 12.8 Å². The molecule has 0 bridgehead atoms. The number of hydrogen-bond donors (Lipinski definition) is 4. The average molecular weight is 598 g/mol. The first-order valence-electron chi connectivity index (χ1n) is 9.35. The summed E-state index contributed by atoms with van der Waals surface area (Å²) in [5.74, 6) is -1.39. The van der Waals surface area contributed by atoms with Crippen LogP contribution in [-0.2, 0) is 15.8 Å². The number of carboxylic acids is 1. The molecule has 2 aromatic carbocycles. The van der Waals surface area contributed by atoms with E-state index in [9.17, 15) is 24.3 Å². The molecule has 13 heteroatoms. The largest absolute Gasteiger partial charge is 0.480 e. The van der Waals surface area contributed by atoms with E-state index in [-0.39, 0.29) is 6.42 Å². The summed E-state index contributed by atoms with van der Waals surface area (Å²) in [4.78, 5) is 32.3. The van der Waals surface area contributed by atoms with Crippen LogP contribution in [0.4, 0.5) is 0 Å². The van der Waals surface area contributed by atoms with Crippen molar-refractivity contribution < 1.29 is 24.3 Å².